The van der Waals surface area contributed by atoms with E-state index in [0.29, 0.717) is 25.9 Å². The van der Waals surface area contributed by atoms with E-state index in [1.165, 1.54) is 0 Å². The molecule has 0 radical (unpaired) electrons. The third-order valence-electron chi connectivity index (χ3n) is 4.35. The molecule has 0 bridgehead atoms. The van der Waals surface area contributed by atoms with Gasteiger partial charge in [-0.25, -0.2) is 4.79 Å². The van der Waals surface area contributed by atoms with Gasteiger partial charge in [-0.2, -0.15) is 0 Å². The summed E-state index contributed by atoms with van der Waals surface area (Å²) in [5.41, 5.74) is 0. The van der Waals surface area contributed by atoms with Gasteiger partial charge in [-0.3, -0.25) is 9.59 Å². The van der Waals surface area contributed by atoms with Gasteiger partial charge < -0.3 is 15.3 Å². The first-order valence-corrected chi connectivity index (χ1v) is 8.20. The molecular formula is C16H26N2O4. The number of carbonyl (C=O) groups excluding carboxylic acids is 2. The van der Waals surface area contributed by atoms with Gasteiger partial charge in [0, 0.05) is 19.0 Å². The van der Waals surface area contributed by atoms with E-state index in [1.807, 2.05) is 13.8 Å². The average molecular weight is 310 g/mol. The molecule has 2 aliphatic rings. The topological polar surface area (TPSA) is 86.7 Å². The fourth-order valence-electron chi connectivity index (χ4n) is 2.96. The van der Waals surface area contributed by atoms with E-state index in [4.69, 9.17) is 0 Å². The van der Waals surface area contributed by atoms with E-state index in [1.54, 1.807) is 4.90 Å². The van der Waals surface area contributed by atoms with Gasteiger partial charge in [-0.1, -0.05) is 13.8 Å². The Bertz CT molecular complexity index is 445. The number of carboxylic acid groups (broad SMARTS) is 1. The summed E-state index contributed by atoms with van der Waals surface area (Å²) >= 11 is 0. The van der Waals surface area contributed by atoms with Crippen molar-refractivity contribution in [3.63, 3.8) is 0 Å². The number of aliphatic carboxylic acids is 1. The zero-order valence-corrected chi connectivity index (χ0v) is 13.4. The van der Waals surface area contributed by atoms with Crippen LogP contribution in [0.2, 0.25) is 0 Å². The molecule has 2 unspecified atom stereocenters. The van der Waals surface area contributed by atoms with Gasteiger partial charge in [0.15, 0.2) is 0 Å². The van der Waals surface area contributed by atoms with Crippen LogP contribution in [-0.2, 0) is 14.4 Å². The fraction of sp³-hybridized carbons (Fsp3) is 0.812. The number of carboxylic acids is 1. The molecule has 1 aliphatic carbocycles. The van der Waals surface area contributed by atoms with Crippen LogP contribution in [-0.4, -0.2) is 46.9 Å². The Balaban J connectivity index is 1.90. The zero-order valence-electron chi connectivity index (χ0n) is 13.4. The summed E-state index contributed by atoms with van der Waals surface area (Å²) in [5.74, 6) is -1.000. The number of carbonyl (C=O) groups is 3. The summed E-state index contributed by atoms with van der Waals surface area (Å²) < 4.78 is 0. The van der Waals surface area contributed by atoms with Crippen LogP contribution in [0.25, 0.3) is 0 Å². The van der Waals surface area contributed by atoms with Gasteiger partial charge >= 0.3 is 5.97 Å². The van der Waals surface area contributed by atoms with Crippen molar-refractivity contribution < 1.29 is 19.5 Å². The maximum absolute atomic E-state index is 12.3. The monoisotopic (exact) mass is 310 g/mol. The molecule has 0 aromatic heterocycles. The van der Waals surface area contributed by atoms with E-state index in [9.17, 15) is 19.5 Å². The Morgan fingerprint density at radius 3 is 2.41 bits per heavy atom. The Morgan fingerprint density at radius 2 is 1.86 bits per heavy atom. The number of rotatable bonds is 6. The molecule has 2 amide bonds. The van der Waals surface area contributed by atoms with Crippen LogP contribution < -0.4 is 5.32 Å². The Morgan fingerprint density at radius 1 is 1.18 bits per heavy atom. The van der Waals surface area contributed by atoms with Crippen LogP contribution in [0.5, 0.6) is 0 Å². The Hall–Kier alpha value is -1.59. The fourth-order valence-corrected chi connectivity index (χ4v) is 2.96. The molecule has 0 aromatic carbocycles. The van der Waals surface area contributed by atoms with E-state index in [0.717, 1.165) is 19.3 Å². The van der Waals surface area contributed by atoms with Crippen LogP contribution in [0, 0.1) is 17.8 Å². The molecule has 6 nitrogen and oxygen atoms in total. The van der Waals surface area contributed by atoms with Crippen LogP contribution in [0.3, 0.4) is 0 Å². The molecule has 0 aromatic rings. The second-order valence-electron chi connectivity index (χ2n) is 6.93. The third-order valence-corrected chi connectivity index (χ3v) is 4.35. The van der Waals surface area contributed by atoms with Gasteiger partial charge in [0.2, 0.25) is 11.8 Å². The minimum Gasteiger partial charge on any atom is -0.480 e. The molecular weight excluding hydrogens is 284 g/mol. The smallest absolute Gasteiger partial charge is 0.326 e. The van der Waals surface area contributed by atoms with E-state index in [2.05, 4.69) is 5.32 Å². The van der Waals surface area contributed by atoms with Crippen LogP contribution in [0.15, 0.2) is 0 Å². The van der Waals surface area contributed by atoms with Gasteiger partial charge in [0.1, 0.15) is 6.04 Å². The predicted molar refractivity (Wildman–Crippen MR) is 81.0 cm³/mol. The molecule has 2 atom stereocenters. The zero-order chi connectivity index (χ0) is 16.3. The Kier molecular flexibility index (Phi) is 5.42. The van der Waals surface area contributed by atoms with Crippen molar-refractivity contribution in [2.24, 2.45) is 17.8 Å². The number of amides is 2. The summed E-state index contributed by atoms with van der Waals surface area (Å²) in [6.45, 7) is 5.00. The van der Waals surface area contributed by atoms with Crippen LogP contribution in [0.1, 0.15) is 46.0 Å². The van der Waals surface area contributed by atoms with Gasteiger partial charge in [-0.15, -0.1) is 0 Å². The maximum Gasteiger partial charge on any atom is 0.326 e. The molecule has 0 spiro atoms. The quantitative estimate of drug-likeness (QED) is 0.773. The lowest BCUT2D eigenvalue weighted by atomic mass is 9.95. The minimum absolute atomic E-state index is 0.162. The standard InChI is InChI=1S/C16H26N2O4/c1-10(2)8-13(16(21)22)17-14(19)12-4-3-7-18(9-12)15(20)11-5-6-11/h10-13H,3-9H2,1-2H3,(H,17,19)(H,21,22). The largest absolute Gasteiger partial charge is 0.480 e. The summed E-state index contributed by atoms with van der Waals surface area (Å²) in [5, 5.41) is 11.9. The highest BCUT2D eigenvalue weighted by Crippen LogP contribution is 2.32. The maximum atomic E-state index is 12.3. The van der Waals surface area contributed by atoms with Crippen molar-refractivity contribution >= 4 is 17.8 Å². The van der Waals surface area contributed by atoms with Crippen LogP contribution >= 0.6 is 0 Å². The number of likely N-dealkylation sites (tertiary alicyclic amines) is 1. The first-order chi connectivity index (χ1) is 10.4. The van der Waals surface area contributed by atoms with Crippen molar-refractivity contribution in [2.45, 2.75) is 52.0 Å². The van der Waals surface area contributed by atoms with Gasteiger partial charge in [0.05, 0.1) is 5.92 Å². The van der Waals surface area contributed by atoms with Crippen LogP contribution in [0.4, 0.5) is 0 Å². The predicted octanol–water partition coefficient (Wildman–Crippen LogP) is 1.25. The lowest BCUT2D eigenvalue weighted by molar-refractivity contribution is -0.144. The minimum atomic E-state index is -0.997. The summed E-state index contributed by atoms with van der Waals surface area (Å²) in [4.78, 5) is 37.5. The van der Waals surface area contributed by atoms with Crippen molar-refractivity contribution in [3.05, 3.63) is 0 Å². The summed E-state index contributed by atoms with van der Waals surface area (Å²) in [6, 6.07) is -0.845. The number of nitrogens with zero attached hydrogens (tertiary/aromatic N) is 1. The second kappa shape index (κ2) is 7.11. The Labute approximate surface area is 131 Å². The van der Waals surface area contributed by atoms with Crippen molar-refractivity contribution in [1.29, 1.82) is 0 Å². The molecule has 2 N–H and O–H groups in total. The normalized spacial score (nSPS) is 23.2. The first kappa shape index (κ1) is 16.8. The molecule has 2 fully saturated rings. The number of nitrogens with one attached hydrogen (secondary N) is 1. The first-order valence-electron chi connectivity index (χ1n) is 8.20. The van der Waals surface area contributed by atoms with Crippen molar-refractivity contribution in [1.82, 2.24) is 10.2 Å². The van der Waals surface area contributed by atoms with E-state index in [-0.39, 0.29) is 29.6 Å². The lowest BCUT2D eigenvalue weighted by Gasteiger charge is -2.32. The molecule has 1 heterocycles. The van der Waals surface area contributed by atoms with Crippen molar-refractivity contribution in [2.75, 3.05) is 13.1 Å². The molecule has 1 aliphatic heterocycles. The number of piperidine rings is 1. The van der Waals surface area contributed by atoms with Gasteiger partial charge in [0.25, 0.3) is 0 Å². The third kappa shape index (κ3) is 4.45. The molecule has 22 heavy (non-hydrogen) atoms. The average Bonchev–Trinajstić information content (AvgIpc) is 3.30. The lowest BCUT2D eigenvalue weighted by Crippen LogP contribution is -2.50. The van der Waals surface area contributed by atoms with Gasteiger partial charge in [-0.05, 0) is 38.0 Å². The highest BCUT2D eigenvalue weighted by molar-refractivity contribution is 5.86. The molecule has 2 rings (SSSR count). The molecule has 1 saturated carbocycles. The SMILES string of the molecule is CC(C)CC(NC(=O)C1CCCN(C(=O)C2CC2)C1)C(=O)O. The van der Waals surface area contributed by atoms with E-state index < -0.39 is 12.0 Å². The highest BCUT2D eigenvalue weighted by atomic mass is 16.4. The molecule has 1 saturated heterocycles. The molecule has 124 valence electrons. The summed E-state index contributed by atoms with van der Waals surface area (Å²) in [7, 11) is 0. The number of hydrogen-bond donors (Lipinski definition) is 2. The van der Waals surface area contributed by atoms with Crippen molar-refractivity contribution in [3.8, 4) is 0 Å². The molecule has 6 heteroatoms. The second-order valence-corrected chi connectivity index (χ2v) is 6.93. The van der Waals surface area contributed by atoms with E-state index >= 15 is 0 Å². The summed E-state index contributed by atoms with van der Waals surface area (Å²) in [6.07, 6.45) is 3.86. The number of hydrogen-bond acceptors (Lipinski definition) is 3. The highest BCUT2D eigenvalue weighted by Gasteiger charge is 2.37.